The molecule has 0 saturated heterocycles. The topological polar surface area (TPSA) is 64.6 Å². The first-order valence-corrected chi connectivity index (χ1v) is 10.4. The maximum absolute atomic E-state index is 12.5. The Bertz CT molecular complexity index is 1150. The van der Waals surface area contributed by atoms with Crippen LogP contribution in [0.2, 0.25) is 0 Å². The normalized spacial score (nSPS) is 17.9. The van der Waals surface area contributed by atoms with Crippen molar-refractivity contribution in [2.45, 2.75) is 32.1 Å². The second-order valence-electron chi connectivity index (χ2n) is 7.89. The van der Waals surface area contributed by atoms with Crippen molar-refractivity contribution < 1.29 is 19.1 Å². The number of hydrogen-bond acceptors (Lipinski definition) is 4. The van der Waals surface area contributed by atoms with Gasteiger partial charge in [-0.15, -0.1) is 0 Å². The van der Waals surface area contributed by atoms with Crippen LogP contribution in [0.5, 0.6) is 11.5 Å². The minimum Gasteiger partial charge on any atom is -0.490 e. The second kappa shape index (κ2) is 7.48. The molecule has 3 aromatic carbocycles. The molecule has 152 valence electrons. The standard InChI is InChI=1S/C25H23NO4/c1-2-29-22-13-17(10-12-21(22)30-25(28)16-7-8-16)20-14-23(27)26-24-18-6-4-3-5-15(18)9-11-19(20)24/h3-6,9-13,16,20H,2,7-8,14H2,1H3,(H,26,27)/t20-/m0/s1. The summed E-state index contributed by atoms with van der Waals surface area (Å²) in [6, 6.07) is 17.8. The number of carbonyl (C=O) groups excluding carboxylic acids is 2. The van der Waals surface area contributed by atoms with Gasteiger partial charge in [0.25, 0.3) is 0 Å². The van der Waals surface area contributed by atoms with Crippen molar-refractivity contribution in [3.8, 4) is 11.5 Å². The molecule has 0 aromatic heterocycles. The zero-order chi connectivity index (χ0) is 20.7. The first kappa shape index (κ1) is 18.7. The summed E-state index contributed by atoms with van der Waals surface area (Å²) in [5.74, 6) is 0.699. The van der Waals surface area contributed by atoms with Gasteiger partial charge >= 0.3 is 5.97 Å². The van der Waals surface area contributed by atoms with Crippen LogP contribution in [-0.2, 0) is 9.59 Å². The quantitative estimate of drug-likeness (QED) is 0.481. The van der Waals surface area contributed by atoms with Gasteiger partial charge in [0.2, 0.25) is 5.91 Å². The van der Waals surface area contributed by atoms with E-state index < -0.39 is 0 Å². The van der Waals surface area contributed by atoms with E-state index in [1.54, 1.807) is 6.07 Å². The van der Waals surface area contributed by atoms with Crippen LogP contribution in [0.25, 0.3) is 10.8 Å². The Kier molecular flexibility index (Phi) is 4.66. The zero-order valence-electron chi connectivity index (χ0n) is 16.8. The molecule has 2 aliphatic rings. The zero-order valence-corrected chi connectivity index (χ0v) is 16.8. The fourth-order valence-electron chi connectivity index (χ4n) is 4.11. The van der Waals surface area contributed by atoms with E-state index in [1.807, 2.05) is 43.3 Å². The third-order valence-corrected chi connectivity index (χ3v) is 5.78. The molecule has 1 N–H and O–H groups in total. The summed E-state index contributed by atoms with van der Waals surface area (Å²) in [6.07, 6.45) is 2.14. The Balaban J connectivity index is 1.55. The number of carbonyl (C=O) groups is 2. The summed E-state index contributed by atoms with van der Waals surface area (Å²) in [6.45, 7) is 2.36. The van der Waals surface area contributed by atoms with Gasteiger partial charge in [-0.3, -0.25) is 9.59 Å². The van der Waals surface area contributed by atoms with Crippen molar-refractivity contribution in [3.63, 3.8) is 0 Å². The number of esters is 1. The van der Waals surface area contributed by atoms with Crippen molar-refractivity contribution in [1.29, 1.82) is 0 Å². The van der Waals surface area contributed by atoms with E-state index in [1.165, 1.54) is 0 Å². The van der Waals surface area contributed by atoms with Gasteiger partial charge in [0.1, 0.15) is 0 Å². The monoisotopic (exact) mass is 401 g/mol. The van der Waals surface area contributed by atoms with Gasteiger partial charge in [0.05, 0.1) is 18.2 Å². The average Bonchev–Trinajstić information content (AvgIpc) is 3.60. The number of anilines is 1. The largest absolute Gasteiger partial charge is 0.490 e. The molecule has 0 unspecified atom stereocenters. The van der Waals surface area contributed by atoms with Crippen LogP contribution >= 0.6 is 0 Å². The third kappa shape index (κ3) is 3.41. The molecule has 1 amide bonds. The molecule has 0 radical (unpaired) electrons. The molecule has 1 fully saturated rings. The minimum atomic E-state index is -0.197. The molecule has 1 aliphatic heterocycles. The van der Waals surface area contributed by atoms with E-state index in [-0.39, 0.29) is 23.7 Å². The molecular weight excluding hydrogens is 378 g/mol. The van der Waals surface area contributed by atoms with E-state index in [0.29, 0.717) is 24.5 Å². The summed E-state index contributed by atoms with van der Waals surface area (Å²) in [4.78, 5) is 24.7. The third-order valence-electron chi connectivity index (χ3n) is 5.78. The Hall–Kier alpha value is -3.34. The molecule has 3 aromatic rings. The second-order valence-corrected chi connectivity index (χ2v) is 7.89. The molecule has 1 atom stereocenters. The van der Waals surface area contributed by atoms with Crippen LogP contribution in [0.4, 0.5) is 5.69 Å². The highest BCUT2D eigenvalue weighted by Gasteiger charge is 2.33. The van der Waals surface area contributed by atoms with Crippen molar-refractivity contribution in [2.75, 3.05) is 11.9 Å². The molecular formula is C25H23NO4. The Morgan fingerprint density at radius 1 is 1.07 bits per heavy atom. The number of amides is 1. The van der Waals surface area contributed by atoms with Crippen molar-refractivity contribution in [3.05, 3.63) is 65.7 Å². The summed E-state index contributed by atoms with van der Waals surface area (Å²) < 4.78 is 11.3. The molecule has 5 rings (SSSR count). The summed E-state index contributed by atoms with van der Waals surface area (Å²) in [5.41, 5.74) is 2.92. The first-order valence-electron chi connectivity index (χ1n) is 10.4. The number of benzene rings is 3. The molecule has 5 nitrogen and oxygen atoms in total. The Labute approximate surface area is 175 Å². The van der Waals surface area contributed by atoms with E-state index in [9.17, 15) is 9.59 Å². The number of ether oxygens (including phenoxy) is 2. The first-order chi connectivity index (χ1) is 14.6. The van der Waals surface area contributed by atoms with Gasteiger partial charge in [-0.05, 0) is 48.4 Å². The smallest absolute Gasteiger partial charge is 0.314 e. The Morgan fingerprint density at radius 3 is 2.70 bits per heavy atom. The Morgan fingerprint density at radius 2 is 1.90 bits per heavy atom. The lowest BCUT2D eigenvalue weighted by Gasteiger charge is -2.27. The van der Waals surface area contributed by atoms with Crippen LogP contribution < -0.4 is 14.8 Å². The van der Waals surface area contributed by atoms with E-state index in [4.69, 9.17) is 9.47 Å². The van der Waals surface area contributed by atoms with Crippen LogP contribution in [0, 0.1) is 5.92 Å². The van der Waals surface area contributed by atoms with Gasteiger partial charge in [-0.1, -0.05) is 42.5 Å². The minimum absolute atomic E-state index is 0.00829. The molecule has 0 bridgehead atoms. The van der Waals surface area contributed by atoms with E-state index in [0.717, 1.165) is 40.4 Å². The maximum atomic E-state index is 12.5. The molecule has 5 heteroatoms. The van der Waals surface area contributed by atoms with Crippen molar-refractivity contribution in [1.82, 2.24) is 0 Å². The highest BCUT2D eigenvalue weighted by atomic mass is 16.6. The fourth-order valence-corrected chi connectivity index (χ4v) is 4.11. The predicted octanol–water partition coefficient (Wildman–Crippen LogP) is 5.03. The average molecular weight is 401 g/mol. The van der Waals surface area contributed by atoms with Crippen LogP contribution in [0.15, 0.2) is 54.6 Å². The van der Waals surface area contributed by atoms with Crippen LogP contribution in [0.1, 0.15) is 43.2 Å². The van der Waals surface area contributed by atoms with Crippen molar-refractivity contribution >= 4 is 28.3 Å². The van der Waals surface area contributed by atoms with Crippen LogP contribution in [0.3, 0.4) is 0 Å². The fraction of sp³-hybridized carbons (Fsp3) is 0.280. The van der Waals surface area contributed by atoms with E-state index >= 15 is 0 Å². The molecule has 1 saturated carbocycles. The molecule has 0 spiro atoms. The highest BCUT2D eigenvalue weighted by molar-refractivity contribution is 6.06. The van der Waals surface area contributed by atoms with Crippen molar-refractivity contribution in [2.24, 2.45) is 5.92 Å². The number of fused-ring (bicyclic) bond motifs is 3. The van der Waals surface area contributed by atoms with E-state index in [2.05, 4.69) is 17.4 Å². The van der Waals surface area contributed by atoms with Gasteiger partial charge in [-0.2, -0.15) is 0 Å². The number of rotatable bonds is 5. The molecule has 1 aliphatic carbocycles. The number of hydrogen-bond donors (Lipinski definition) is 1. The van der Waals surface area contributed by atoms with Gasteiger partial charge in [0, 0.05) is 17.7 Å². The molecule has 30 heavy (non-hydrogen) atoms. The van der Waals surface area contributed by atoms with Gasteiger partial charge in [0.15, 0.2) is 11.5 Å². The highest BCUT2D eigenvalue weighted by Crippen LogP contribution is 2.43. The number of nitrogens with one attached hydrogen (secondary N) is 1. The summed E-state index contributed by atoms with van der Waals surface area (Å²) in [7, 11) is 0. The molecule has 1 heterocycles. The lowest BCUT2D eigenvalue weighted by Crippen LogP contribution is -2.23. The predicted molar refractivity (Wildman–Crippen MR) is 115 cm³/mol. The summed E-state index contributed by atoms with van der Waals surface area (Å²) in [5, 5.41) is 5.19. The lowest BCUT2D eigenvalue weighted by atomic mass is 9.83. The van der Waals surface area contributed by atoms with Gasteiger partial charge in [-0.25, -0.2) is 0 Å². The maximum Gasteiger partial charge on any atom is 0.314 e. The van der Waals surface area contributed by atoms with Gasteiger partial charge < -0.3 is 14.8 Å². The SMILES string of the molecule is CCOc1cc([C@@H]2CC(=O)Nc3c2ccc2ccccc32)ccc1OC(=O)C1CC1. The van der Waals surface area contributed by atoms with Crippen LogP contribution in [-0.4, -0.2) is 18.5 Å². The summed E-state index contributed by atoms with van der Waals surface area (Å²) >= 11 is 0. The lowest BCUT2D eigenvalue weighted by molar-refractivity contribution is -0.135.